The number of ether oxygens (including phenoxy) is 1. The highest BCUT2D eigenvalue weighted by Gasteiger charge is 2.25. The maximum Gasteiger partial charge on any atom is 0.410 e. The summed E-state index contributed by atoms with van der Waals surface area (Å²) in [5.41, 5.74) is 4.17. The molecule has 1 N–H and O–H groups in total. The number of amides is 2. The van der Waals surface area contributed by atoms with Crippen LogP contribution in [0.2, 0.25) is 0 Å². The fraction of sp³-hybridized carbons (Fsp3) is 0.556. The molecule has 5 heteroatoms. The Morgan fingerprint density at radius 1 is 1.04 bits per heavy atom. The number of benzene rings is 1. The first-order valence-electron chi connectivity index (χ1n) is 8.24. The lowest BCUT2D eigenvalue weighted by atomic mass is 9.94. The van der Waals surface area contributed by atoms with Crippen molar-refractivity contribution in [2.24, 2.45) is 0 Å². The van der Waals surface area contributed by atoms with Crippen LogP contribution in [0.3, 0.4) is 0 Å². The van der Waals surface area contributed by atoms with Crippen molar-refractivity contribution < 1.29 is 14.3 Å². The van der Waals surface area contributed by atoms with Gasteiger partial charge in [0.15, 0.2) is 0 Å². The summed E-state index contributed by atoms with van der Waals surface area (Å²) in [6.07, 6.45) is 2.72. The van der Waals surface area contributed by atoms with Crippen molar-refractivity contribution in [3.05, 3.63) is 28.8 Å². The third-order valence-electron chi connectivity index (χ3n) is 4.27. The summed E-state index contributed by atoms with van der Waals surface area (Å²) < 4.78 is 5.48. The zero-order chi connectivity index (χ0) is 16.6. The lowest BCUT2D eigenvalue weighted by Crippen LogP contribution is -2.38. The van der Waals surface area contributed by atoms with Gasteiger partial charge in [-0.2, -0.15) is 0 Å². The van der Waals surface area contributed by atoms with Crippen molar-refractivity contribution in [3.63, 3.8) is 0 Å². The van der Waals surface area contributed by atoms with E-state index in [1.807, 2.05) is 20.8 Å². The number of rotatable bonds is 0. The minimum atomic E-state index is -0.473. The smallest absolute Gasteiger partial charge is 0.410 e. The second kappa shape index (κ2) is 5.87. The van der Waals surface area contributed by atoms with Gasteiger partial charge in [-0.25, -0.2) is 4.79 Å². The molecule has 0 atom stereocenters. The van der Waals surface area contributed by atoms with Crippen LogP contribution in [0, 0.1) is 0 Å². The van der Waals surface area contributed by atoms with E-state index in [0.717, 1.165) is 24.9 Å². The second-order valence-electron chi connectivity index (χ2n) is 7.29. The van der Waals surface area contributed by atoms with E-state index < -0.39 is 5.60 Å². The molecule has 0 saturated carbocycles. The Bertz CT molecular complexity index is 646. The van der Waals surface area contributed by atoms with E-state index >= 15 is 0 Å². The first-order chi connectivity index (χ1) is 10.8. The van der Waals surface area contributed by atoms with Crippen LogP contribution >= 0.6 is 0 Å². The molecule has 0 aliphatic carbocycles. The van der Waals surface area contributed by atoms with Crippen molar-refractivity contribution in [1.29, 1.82) is 0 Å². The summed E-state index contributed by atoms with van der Waals surface area (Å²) >= 11 is 0. The van der Waals surface area contributed by atoms with Crippen molar-refractivity contribution in [3.8, 4) is 0 Å². The normalized spacial score (nSPS) is 17.7. The van der Waals surface area contributed by atoms with Crippen molar-refractivity contribution in [1.82, 2.24) is 4.90 Å². The standard InChI is InChI=1S/C18H24N2O3/c1-18(2,3)23-17(22)20-8-6-12-10-14-4-5-16(21)19-15(14)11-13(12)7-9-20/h10-11H,4-9H2,1-3H3,(H,19,21). The Labute approximate surface area is 137 Å². The molecule has 23 heavy (non-hydrogen) atoms. The van der Waals surface area contributed by atoms with E-state index in [2.05, 4.69) is 17.4 Å². The third kappa shape index (κ3) is 3.66. The van der Waals surface area contributed by atoms with Gasteiger partial charge in [0.1, 0.15) is 5.60 Å². The highest BCUT2D eigenvalue weighted by Crippen LogP contribution is 2.28. The van der Waals surface area contributed by atoms with E-state index in [1.54, 1.807) is 4.90 Å². The fourth-order valence-electron chi connectivity index (χ4n) is 3.12. The molecular weight excluding hydrogens is 292 g/mol. The van der Waals surface area contributed by atoms with Gasteiger partial charge in [0.05, 0.1) is 0 Å². The predicted molar refractivity (Wildman–Crippen MR) is 88.6 cm³/mol. The maximum atomic E-state index is 12.3. The number of aryl methyl sites for hydroxylation is 1. The number of carbonyl (C=O) groups is 2. The Balaban J connectivity index is 1.75. The molecule has 5 nitrogen and oxygen atoms in total. The number of hydrogen-bond acceptors (Lipinski definition) is 3. The first-order valence-corrected chi connectivity index (χ1v) is 8.24. The summed E-state index contributed by atoms with van der Waals surface area (Å²) in [6.45, 7) is 6.97. The SMILES string of the molecule is CC(C)(C)OC(=O)N1CCc2cc3c(cc2CC1)NC(=O)CC3. The zero-order valence-electron chi connectivity index (χ0n) is 14.1. The van der Waals surface area contributed by atoms with Crippen LogP contribution in [0.15, 0.2) is 12.1 Å². The zero-order valence-corrected chi connectivity index (χ0v) is 14.1. The van der Waals surface area contributed by atoms with E-state index in [9.17, 15) is 9.59 Å². The molecule has 2 heterocycles. The monoisotopic (exact) mass is 316 g/mol. The van der Waals surface area contributed by atoms with Gasteiger partial charge in [-0.05, 0) is 62.8 Å². The predicted octanol–water partition coefficient (Wildman–Crippen LogP) is 2.91. The molecule has 0 radical (unpaired) electrons. The van der Waals surface area contributed by atoms with Gasteiger partial charge in [-0.1, -0.05) is 6.07 Å². The lowest BCUT2D eigenvalue weighted by Gasteiger charge is -2.26. The molecule has 0 fully saturated rings. The molecular formula is C18H24N2O3. The molecule has 2 aliphatic rings. The second-order valence-corrected chi connectivity index (χ2v) is 7.29. The number of carbonyl (C=O) groups excluding carboxylic acids is 2. The highest BCUT2D eigenvalue weighted by atomic mass is 16.6. The topological polar surface area (TPSA) is 58.6 Å². The molecule has 0 unspecified atom stereocenters. The summed E-state index contributed by atoms with van der Waals surface area (Å²) in [5.74, 6) is 0.0847. The van der Waals surface area contributed by atoms with Crippen LogP contribution < -0.4 is 5.32 Å². The van der Waals surface area contributed by atoms with Crippen LogP contribution in [0.1, 0.15) is 43.9 Å². The van der Waals surface area contributed by atoms with E-state index in [1.165, 1.54) is 16.7 Å². The average Bonchev–Trinajstić information content (AvgIpc) is 2.65. The van der Waals surface area contributed by atoms with Gasteiger partial charge in [-0.3, -0.25) is 4.79 Å². The molecule has 0 spiro atoms. The van der Waals surface area contributed by atoms with Crippen LogP contribution in [0.4, 0.5) is 10.5 Å². The number of anilines is 1. The average molecular weight is 316 g/mol. The third-order valence-corrected chi connectivity index (χ3v) is 4.27. The Morgan fingerprint density at radius 3 is 2.35 bits per heavy atom. The van der Waals surface area contributed by atoms with Gasteiger partial charge < -0.3 is 15.0 Å². The minimum absolute atomic E-state index is 0.0847. The van der Waals surface area contributed by atoms with Crippen LogP contribution in [0.5, 0.6) is 0 Å². The number of nitrogens with one attached hydrogen (secondary N) is 1. The Hall–Kier alpha value is -2.04. The highest BCUT2D eigenvalue weighted by molar-refractivity contribution is 5.94. The van der Waals surface area contributed by atoms with Crippen molar-refractivity contribution >= 4 is 17.7 Å². The molecule has 2 amide bonds. The first kappa shape index (κ1) is 15.8. The van der Waals surface area contributed by atoms with Crippen LogP contribution in [-0.2, 0) is 28.8 Å². The maximum absolute atomic E-state index is 12.3. The molecule has 1 aromatic rings. The quantitative estimate of drug-likeness (QED) is 0.800. The van der Waals surface area contributed by atoms with Crippen molar-refractivity contribution in [2.45, 2.75) is 52.1 Å². The summed E-state index contributed by atoms with van der Waals surface area (Å²) in [6, 6.07) is 4.28. The summed E-state index contributed by atoms with van der Waals surface area (Å²) in [7, 11) is 0. The van der Waals surface area contributed by atoms with Crippen LogP contribution in [0.25, 0.3) is 0 Å². The number of hydrogen-bond donors (Lipinski definition) is 1. The van der Waals surface area contributed by atoms with Gasteiger partial charge >= 0.3 is 6.09 Å². The lowest BCUT2D eigenvalue weighted by molar-refractivity contribution is -0.116. The molecule has 0 aromatic heterocycles. The summed E-state index contributed by atoms with van der Waals surface area (Å²) in [5, 5.41) is 2.95. The molecule has 2 aliphatic heterocycles. The Morgan fingerprint density at radius 2 is 1.70 bits per heavy atom. The minimum Gasteiger partial charge on any atom is -0.444 e. The molecule has 0 bridgehead atoms. The van der Waals surface area contributed by atoms with Gasteiger partial charge in [0.25, 0.3) is 0 Å². The Kier molecular flexibility index (Phi) is 4.04. The molecule has 0 saturated heterocycles. The van der Waals surface area contributed by atoms with Gasteiger partial charge in [-0.15, -0.1) is 0 Å². The fourth-order valence-corrected chi connectivity index (χ4v) is 3.12. The van der Waals surface area contributed by atoms with E-state index in [0.29, 0.717) is 19.5 Å². The van der Waals surface area contributed by atoms with Gasteiger partial charge in [0, 0.05) is 25.2 Å². The number of nitrogens with zero attached hydrogens (tertiary/aromatic N) is 1. The molecule has 124 valence electrons. The molecule has 1 aromatic carbocycles. The largest absolute Gasteiger partial charge is 0.444 e. The van der Waals surface area contributed by atoms with Crippen LogP contribution in [-0.4, -0.2) is 35.6 Å². The van der Waals surface area contributed by atoms with Crippen molar-refractivity contribution in [2.75, 3.05) is 18.4 Å². The number of fused-ring (bicyclic) bond motifs is 2. The summed E-state index contributed by atoms with van der Waals surface area (Å²) in [4.78, 5) is 25.6. The van der Waals surface area contributed by atoms with E-state index in [4.69, 9.17) is 4.74 Å². The van der Waals surface area contributed by atoms with E-state index in [-0.39, 0.29) is 12.0 Å². The van der Waals surface area contributed by atoms with Gasteiger partial charge in [0.2, 0.25) is 5.91 Å². The molecule has 3 rings (SSSR count).